The lowest BCUT2D eigenvalue weighted by molar-refractivity contribution is -0.119. The van der Waals surface area contributed by atoms with Gasteiger partial charge in [-0.25, -0.2) is 0 Å². The summed E-state index contributed by atoms with van der Waals surface area (Å²) >= 11 is 12.0. The maximum Gasteiger partial charge on any atom is 0.254 e. The van der Waals surface area contributed by atoms with Crippen LogP contribution < -0.4 is 14.8 Å². The first kappa shape index (κ1) is 20.3. The third kappa shape index (κ3) is 4.51. The number of likely N-dealkylation sites (tertiary alicyclic amines) is 1. The zero-order chi connectivity index (χ0) is 20.3. The second kappa shape index (κ2) is 8.71. The fraction of sp³-hybridized carbons (Fsp3) is 0.300. The van der Waals surface area contributed by atoms with E-state index in [1.54, 1.807) is 41.3 Å². The molecule has 0 saturated carbocycles. The van der Waals surface area contributed by atoms with Gasteiger partial charge in [0.25, 0.3) is 5.91 Å². The van der Waals surface area contributed by atoms with E-state index < -0.39 is 6.04 Å². The van der Waals surface area contributed by atoms with E-state index in [1.807, 2.05) is 0 Å². The van der Waals surface area contributed by atoms with Gasteiger partial charge in [0.05, 0.1) is 14.2 Å². The van der Waals surface area contributed by atoms with Gasteiger partial charge < -0.3 is 19.7 Å². The largest absolute Gasteiger partial charge is 0.497 e. The van der Waals surface area contributed by atoms with Crippen LogP contribution in [0.25, 0.3) is 0 Å². The molecule has 6 nitrogen and oxygen atoms in total. The summed E-state index contributed by atoms with van der Waals surface area (Å²) in [7, 11) is 3.04. The molecule has 1 aliphatic rings. The first-order valence-electron chi connectivity index (χ1n) is 8.72. The van der Waals surface area contributed by atoms with Crippen molar-refractivity contribution in [3.05, 3.63) is 52.0 Å². The van der Waals surface area contributed by atoms with Crippen LogP contribution in [0.4, 0.5) is 5.69 Å². The molecule has 1 unspecified atom stereocenters. The highest BCUT2D eigenvalue weighted by atomic mass is 35.5. The number of benzene rings is 2. The van der Waals surface area contributed by atoms with Gasteiger partial charge in [0, 0.05) is 33.9 Å². The first-order valence-corrected chi connectivity index (χ1v) is 9.48. The van der Waals surface area contributed by atoms with E-state index in [0.29, 0.717) is 45.8 Å². The second-order valence-electron chi connectivity index (χ2n) is 6.41. The molecule has 0 spiro atoms. The number of nitrogens with zero attached hydrogens (tertiary/aromatic N) is 1. The van der Waals surface area contributed by atoms with Gasteiger partial charge in [-0.05, 0) is 43.2 Å². The van der Waals surface area contributed by atoms with Crippen molar-refractivity contribution in [1.29, 1.82) is 0 Å². The highest BCUT2D eigenvalue weighted by Gasteiger charge is 2.35. The molecule has 1 aliphatic heterocycles. The Hall–Kier alpha value is -2.44. The Morgan fingerprint density at radius 2 is 1.61 bits per heavy atom. The number of hydrogen-bond donors (Lipinski definition) is 1. The summed E-state index contributed by atoms with van der Waals surface area (Å²) in [5, 5.41) is 3.64. The number of carbonyl (C=O) groups is 2. The SMILES string of the molecule is COc1cc(OC)cc(C(=O)N2CCCC2C(=O)Nc2cc(Cl)cc(Cl)c2)c1. The van der Waals surface area contributed by atoms with Crippen LogP contribution in [0.1, 0.15) is 23.2 Å². The summed E-state index contributed by atoms with van der Waals surface area (Å²) in [5.41, 5.74) is 0.895. The van der Waals surface area contributed by atoms with Gasteiger partial charge in [-0.15, -0.1) is 0 Å². The zero-order valence-electron chi connectivity index (χ0n) is 15.5. The molecule has 0 radical (unpaired) electrons. The summed E-state index contributed by atoms with van der Waals surface area (Å²) in [4.78, 5) is 27.4. The van der Waals surface area contributed by atoms with Gasteiger partial charge in [0.1, 0.15) is 17.5 Å². The predicted molar refractivity (Wildman–Crippen MR) is 109 cm³/mol. The van der Waals surface area contributed by atoms with E-state index >= 15 is 0 Å². The third-order valence-corrected chi connectivity index (χ3v) is 4.98. The van der Waals surface area contributed by atoms with Crippen molar-refractivity contribution < 1.29 is 19.1 Å². The molecule has 2 aromatic rings. The molecule has 3 rings (SSSR count). The highest BCUT2D eigenvalue weighted by Crippen LogP contribution is 2.28. The van der Waals surface area contributed by atoms with Gasteiger partial charge in [0.15, 0.2) is 0 Å². The normalized spacial score (nSPS) is 16.0. The number of rotatable bonds is 5. The lowest BCUT2D eigenvalue weighted by Gasteiger charge is -2.24. The molecule has 0 aliphatic carbocycles. The molecule has 148 valence electrons. The van der Waals surface area contributed by atoms with Gasteiger partial charge in [-0.3, -0.25) is 9.59 Å². The van der Waals surface area contributed by atoms with Crippen LogP contribution in [0, 0.1) is 0 Å². The van der Waals surface area contributed by atoms with Crippen molar-refractivity contribution in [1.82, 2.24) is 4.90 Å². The Labute approximate surface area is 173 Å². The highest BCUT2D eigenvalue weighted by molar-refractivity contribution is 6.35. The number of ether oxygens (including phenoxy) is 2. The van der Waals surface area contributed by atoms with Gasteiger partial charge >= 0.3 is 0 Å². The summed E-state index contributed by atoms with van der Waals surface area (Å²) in [6.07, 6.45) is 1.31. The fourth-order valence-electron chi connectivity index (χ4n) is 3.23. The molecule has 0 bridgehead atoms. The molecule has 2 aromatic carbocycles. The minimum Gasteiger partial charge on any atom is -0.497 e. The van der Waals surface area contributed by atoms with Crippen LogP contribution in [0.2, 0.25) is 10.0 Å². The summed E-state index contributed by atoms with van der Waals surface area (Å²) in [6.45, 7) is 0.493. The number of amides is 2. The van der Waals surface area contributed by atoms with Crippen LogP contribution in [0.15, 0.2) is 36.4 Å². The van der Waals surface area contributed by atoms with Crippen molar-refractivity contribution in [3.8, 4) is 11.5 Å². The van der Waals surface area contributed by atoms with Crippen LogP contribution in [0.3, 0.4) is 0 Å². The molecule has 1 heterocycles. The molecule has 8 heteroatoms. The molecule has 2 amide bonds. The van der Waals surface area contributed by atoms with Crippen LogP contribution in [0.5, 0.6) is 11.5 Å². The lowest BCUT2D eigenvalue weighted by Crippen LogP contribution is -2.43. The fourth-order valence-corrected chi connectivity index (χ4v) is 3.76. The van der Waals surface area contributed by atoms with Crippen molar-refractivity contribution in [3.63, 3.8) is 0 Å². The number of carbonyl (C=O) groups excluding carboxylic acids is 2. The molecular weight excluding hydrogens is 403 g/mol. The quantitative estimate of drug-likeness (QED) is 0.781. The lowest BCUT2D eigenvalue weighted by atomic mass is 10.1. The smallest absolute Gasteiger partial charge is 0.254 e. The monoisotopic (exact) mass is 422 g/mol. The average Bonchev–Trinajstić information content (AvgIpc) is 3.16. The Balaban J connectivity index is 1.80. The first-order chi connectivity index (χ1) is 13.4. The molecule has 1 saturated heterocycles. The average molecular weight is 423 g/mol. The molecule has 1 N–H and O–H groups in total. The maximum absolute atomic E-state index is 13.1. The standard InChI is InChI=1S/C20H20Cl2N2O4/c1-27-16-6-12(7-17(11-16)28-2)20(26)24-5-3-4-18(24)19(25)23-15-9-13(21)8-14(22)10-15/h6-11,18H,3-5H2,1-2H3,(H,23,25). The van der Waals surface area contributed by atoms with E-state index in [4.69, 9.17) is 32.7 Å². The number of halogens is 2. The van der Waals surface area contributed by atoms with Crippen LogP contribution in [-0.4, -0.2) is 43.5 Å². The van der Waals surface area contributed by atoms with E-state index in [9.17, 15) is 9.59 Å². The minimum atomic E-state index is -0.581. The van der Waals surface area contributed by atoms with E-state index in [1.165, 1.54) is 14.2 Å². The Morgan fingerprint density at radius 3 is 2.18 bits per heavy atom. The van der Waals surface area contributed by atoms with E-state index in [2.05, 4.69) is 5.32 Å². The number of methoxy groups -OCH3 is 2. The second-order valence-corrected chi connectivity index (χ2v) is 7.28. The van der Waals surface area contributed by atoms with Gasteiger partial charge in [-0.2, -0.15) is 0 Å². The number of hydrogen-bond acceptors (Lipinski definition) is 4. The van der Waals surface area contributed by atoms with Gasteiger partial charge in [0.2, 0.25) is 5.91 Å². The summed E-state index contributed by atoms with van der Waals surface area (Å²) in [5.74, 6) is 0.492. The molecule has 1 fully saturated rings. The Kier molecular flexibility index (Phi) is 6.31. The molecule has 1 atom stereocenters. The number of nitrogens with one attached hydrogen (secondary N) is 1. The summed E-state index contributed by atoms with van der Waals surface area (Å²) in [6, 6.07) is 9.18. The van der Waals surface area contributed by atoms with Crippen LogP contribution >= 0.6 is 23.2 Å². The van der Waals surface area contributed by atoms with E-state index in [-0.39, 0.29) is 11.8 Å². The molecule has 28 heavy (non-hydrogen) atoms. The number of anilines is 1. The maximum atomic E-state index is 13.1. The van der Waals surface area contributed by atoms with Crippen molar-refractivity contribution in [2.75, 3.05) is 26.1 Å². The predicted octanol–water partition coefficient (Wildman–Crippen LogP) is 4.25. The minimum absolute atomic E-state index is 0.251. The van der Waals surface area contributed by atoms with Crippen molar-refractivity contribution in [2.24, 2.45) is 0 Å². The topological polar surface area (TPSA) is 67.9 Å². The van der Waals surface area contributed by atoms with Crippen molar-refractivity contribution in [2.45, 2.75) is 18.9 Å². The summed E-state index contributed by atoms with van der Waals surface area (Å²) < 4.78 is 10.5. The van der Waals surface area contributed by atoms with Crippen LogP contribution in [-0.2, 0) is 4.79 Å². The zero-order valence-corrected chi connectivity index (χ0v) is 17.0. The van der Waals surface area contributed by atoms with Crippen molar-refractivity contribution >= 4 is 40.7 Å². The third-order valence-electron chi connectivity index (χ3n) is 4.54. The molecular formula is C20H20Cl2N2O4. The van der Waals surface area contributed by atoms with Gasteiger partial charge in [-0.1, -0.05) is 23.2 Å². The van der Waals surface area contributed by atoms with E-state index in [0.717, 1.165) is 6.42 Å². The Morgan fingerprint density at radius 1 is 1.00 bits per heavy atom. The Bertz CT molecular complexity index is 861. The molecule has 0 aromatic heterocycles.